The van der Waals surface area contributed by atoms with Crippen LogP contribution in [0.1, 0.15) is 15.9 Å². The number of carboxylic acid groups (broad SMARTS) is 1. The van der Waals surface area contributed by atoms with Gasteiger partial charge < -0.3 is 24.6 Å². The molecule has 4 aromatic carbocycles. The predicted molar refractivity (Wildman–Crippen MR) is 168 cm³/mol. The molecular formula is C34H33BrN2O6. The highest BCUT2D eigenvalue weighted by atomic mass is 79.9. The quantitative estimate of drug-likeness (QED) is 0.194. The molecule has 43 heavy (non-hydrogen) atoms. The Morgan fingerprint density at radius 2 is 1.63 bits per heavy atom. The van der Waals surface area contributed by atoms with Crippen molar-refractivity contribution in [1.29, 1.82) is 0 Å². The van der Waals surface area contributed by atoms with Gasteiger partial charge in [-0.2, -0.15) is 0 Å². The average molecular weight is 646 g/mol. The van der Waals surface area contributed by atoms with Crippen LogP contribution in [0.15, 0.2) is 102 Å². The van der Waals surface area contributed by atoms with Gasteiger partial charge in [-0.15, -0.1) is 0 Å². The molecule has 0 spiro atoms. The number of carbonyl (C=O) groups is 2. The molecular weight excluding hydrogens is 612 g/mol. The van der Waals surface area contributed by atoms with E-state index in [0.29, 0.717) is 42.3 Å². The number of morpholine rings is 1. The summed E-state index contributed by atoms with van der Waals surface area (Å²) < 4.78 is 18.1. The van der Waals surface area contributed by atoms with Crippen LogP contribution < -0.4 is 14.8 Å². The molecule has 0 aliphatic carbocycles. The molecule has 8 nitrogen and oxygen atoms in total. The first kappa shape index (κ1) is 30.3. The summed E-state index contributed by atoms with van der Waals surface area (Å²) in [4.78, 5) is 27.7. The Hall–Kier alpha value is -4.18. The SMILES string of the molecule is O=C(N[C@@H](Cc1ccc(-c2ccccc2Oc2ccccc2)cc1)C(=O)O)c1cc(Br)ccc1OCCN1CCOCC1. The maximum atomic E-state index is 13.3. The van der Waals surface area contributed by atoms with Crippen LogP contribution >= 0.6 is 15.9 Å². The lowest BCUT2D eigenvalue weighted by molar-refractivity contribution is -0.139. The molecule has 1 atom stereocenters. The number of aliphatic carboxylic acids is 1. The Balaban J connectivity index is 1.25. The summed E-state index contributed by atoms with van der Waals surface area (Å²) in [6.45, 7) is 4.17. The number of ether oxygens (including phenoxy) is 3. The molecule has 1 aliphatic heterocycles. The molecule has 1 saturated heterocycles. The first-order chi connectivity index (χ1) is 21.0. The summed E-state index contributed by atoms with van der Waals surface area (Å²) in [5.41, 5.74) is 2.89. The Morgan fingerprint density at radius 3 is 2.37 bits per heavy atom. The third-order valence-electron chi connectivity index (χ3n) is 7.12. The van der Waals surface area contributed by atoms with Gasteiger partial charge in [-0.1, -0.05) is 76.6 Å². The summed E-state index contributed by atoms with van der Waals surface area (Å²) in [6.07, 6.45) is 0.116. The third kappa shape index (κ3) is 8.44. The first-order valence-electron chi connectivity index (χ1n) is 14.1. The minimum absolute atomic E-state index is 0.116. The molecule has 0 saturated carbocycles. The number of rotatable bonds is 12. The summed E-state index contributed by atoms with van der Waals surface area (Å²) in [5.74, 6) is 0.221. The van der Waals surface area contributed by atoms with Crippen molar-refractivity contribution in [2.24, 2.45) is 0 Å². The zero-order chi connectivity index (χ0) is 30.0. The zero-order valence-corrected chi connectivity index (χ0v) is 25.2. The van der Waals surface area contributed by atoms with Gasteiger partial charge in [0.1, 0.15) is 29.9 Å². The summed E-state index contributed by atoms with van der Waals surface area (Å²) in [6, 6.07) is 28.9. The van der Waals surface area contributed by atoms with Crippen LogP contribution in [0.2, 0.25) is 0 Å². The smallest absolute Gasteiger partial charge is 0.326 e. The van der Waals surface area contributed by atoms with Crippen LogP contribution in [0.4, 0.5) is 0 Å². The van der Waals surface area contributed by atoms with Gasteiger partial charge in [0.05, 0.1) is 18.8 Å². The fraction of sp³-hybridized carbons (Fsp3) is 0.235. The van der Waals surface area contributed by atoms with Crippen LogP contribution in [0.5, 0.6) is 17.2 Å². The van der Waals surface area contributed by atoms with Gasteiger partial charge >= 0.3 is 5.97 Å². The van der Waals surface area contributed by atoms with Crippen molar-refractivity contribution in [1.82, 2.24) is 10.2 Å². The Morgan fingerprint density at radius 1 is 0.907 bits per heavy atom. The van der Waals surface area contributed by atoms with Gasteiger partial charge in [0, 0.05) is 36.1 Å². The number of carbonyl (C=O) groups excluding carboxylic acids is 1. The van der Waals surface area contributed by atoms with E-state index in [4.69, 9.17) is 14.2 Å². The number of halogens is 1. The van der Waals surface area contributed by atoms with E-state index >= 15 is 0 Å². The van der Waals surface area contributed by atoms with Crippen molar-refractivity contribution in [3.05, 3.63) is 113 Å². The van der Waals surface area contributed by atoms with Gasteiger partial charge in [0.2, 0.25) is 0 Å². The van der Waals surface area contributed by atoms with Crippen molar-refractivity contribution in [2.45, 2.75) is 12.5 Å². The van der Waals surface area contributed by atoms with E-state index in [-0.39, 0.29) is 12.0 Å². The van der Waals surface area contributed by atoms with Crippen molar-refractivity contribution < 1.29 is 28.9 Å². The van der Waals surface area contributed by atoms with E-state index < -0.39 is 17.9 Å². The maximum Gasteiger partial charge on any atom is 0.326 e. The summed E-state index contributed by atoms with van der Waals surface area (Å²) >= 11 is 3.41. The van der Waals surface area contributed by atoms with Crippen LogP contribution in [-0.4, -0.2) is 67.4 Å². The number of nitrogens with zero attached hydrogens (tertiary/aromatic N) is 1. The van der Waals surface area contributed by atoms with Gasteiger partial charge in [-0.3, -0.25) is 9.69 Å². The van der Waals surface area contributed by atoms with Crippen molar-refractivity contribution >= 4 is 27.8 Å². The maximum absolute atomic E-state index is 13.3. The molecule has 222 valence electrons. The minimum Gasteiger partial charge on any atom is -0.491 e. The highest BCUT2D eigenvalue weighted by molar-refractivity contribution is 9.10. The van der Waals surface area contributed by atoms with Gasteiger partial charge in [0.25, 0.3) is 5.91 Å². The highest BCUT2D eigenvalue weighted by Crippen LogP contribution is 2.33. The van der Waals surface area contributed by atoms with Crippen LogP contribution in [-0.2, 0) is 16.0 Å². The minimum atomic E-state index is -1.13. The third-order valence-corrected chi connectivity index (χ3v) is 7.61. The summed E-state index contributed by atoms with van der Waals surface area (Å²) in [7, 11) is 0. The lowest BCUT2D eigenvalue weighted by atomic mass is 9.99. The summed E-state index contributed by atoms with van der Waals surface area (Å²) in [5, 5.41) is 12.6. The van der Waals surface area contributed by atoms with E-state index in [9.17, 15) is 14.7 Å². The fourth-order valence-corrected chi connectivity index (χ4v) is 5.18. The lowest BCUT2D eigenvalue weighted by Gasteiger charge is -2.26. The second kappa shape index (κ2) is 14.8. The van der Waals surface area contributed by atoms with E-state index in [1.54, 1.807) is 18.2 Å². The number of benzene rings is 4. The second-order valence-corrected chi connectivity index (χ2v) is 11.0. The average Bonchev–Trinajstić information content (AvgIpc) is 3.03. The molecule has 5 rings (SSSR count). The Kier molecular flexibility index (Phi) is 10.4. The van der Waals surface area contributed by atoms with Crippen molar-refractivity contribution in [2.75, 3.05) is 39.5 Å². The number of carboxylic acids is 1. The molecule has 9 heteroatoms. The molecule has 0 unspecified atom stereocenters. The molecule has 0 aromatic heterocycles. The van der Waals surface area contributed by atoms with Crippen LogP contribution in [0, 0.1) is 0 Å². The van der Waals surface area contributed by atoms with E-state index in [1.807, 2.05) is 78.9 Å². The molecule has 2 N–H and O–H groups in total. The van der Waals surface area contributed by atoms with E-state index in [0.717, 1.165) is 35.5 Å². The molecule has 1 heterocycles. The molecule has 1 aliphatic rings. The molecule has 1 amide bonds. The number of hydrogen-bond acceptors (Lipinski definition) is 6. The van der Waals surface area contributed by atoms with Crippen molar-refractivity contribution in [3.63, 3.8) is 0 Å². The van der Waals surface area contributed by atoms with E-state index in [2.05, 4.69) is 26.1 Å². The van der Waals surface area contributed by atoms with Gasteiger partial charge in [-0.25, -0.2) is 4.79 Å². The first-order valence-corrected chi connectivity index (χ1v) is 14.9. The normalized spacial score (nSPS) is 14.1. The Labute approximate surface area is 259 Å². The monoisotopic (exact) mass is 644 g/mol. The second-order valence-electron chi connectivity index (χ2n) is 10.1. The molecule has 4 aromatic rings. The van der Waals surface area contributed by atoms with Crippen molar-refractivity contribution in [3.8, 4) is 28.4 Å². The van der Waals surface area contributed by atoms with Crippen LogP contribution in [0.25, 0.3) is 11.1 Å². The molecule has 0 radical (unpaired) electrons. The number of nitrogens with one attached hydrogen (secondary N) is 1. The number of hydrogen-bond donors (Lipinski definition) is 2. The van der Waals surface area contributed by atoms with Crippen LogP contribution in [0.3, 0.4) is 0 Å². The largest absolute Gasteiger partial charge is 0.491 e. The molecule has 0 bridgehead atoms. The zero-order valence-electron chi connectivity index (χ0n) is 23.6. The highest BCUT2D eigenvalue weighted by Gasteiger charge is 2.24. The number of para-hydroxylation sites is 2. The lowest BCUT2D eigenvalue weighted by Crippen LogP contribution is -2.42. The van der Waals surface area contributed by atoms with Gasteiger partial charge in [0.15, 0.2) is 0 Å². The molecule has 1 fully saturated rings. The Bertz CT molecular complexity index is 1520. The van der Waals surface area contributed by atoms with E-state index in [1.165, 1.54) is 0 Å². The standard InChI is InChI=1S/C34H33BrN2O6/c35-26-14-15-31(42-21-18-37-16-19-41-20-17-37)29(23-26)33(38)36-30(34(39)40)22-24-10-12-25(13-11-24)28-8-4-5-9-32(28)43-27-6-2-1-3-7-27/h1-15,23,30H,16-22H2,(H,36,38)(H,39,40)/t30-/m0/s1. The predicted octanol–water partition coefficient (Wildman–Crippen LogP) is 6.05. The fourth-order valence-electron chi connectivity index (χ4n) is 4.82. The van der Waals surface area contributed by atoms with Gasteiger partial charge in [-0.05, 0) is 47.5 Å². The number of amides is 1. The topological polar surface area (TPSA) is 97.3 Å².